The van der Waals surface area contributed by atoms with Crippen molar-refractivity contribution >= 4 is 16.9 Å². The molecule has 4 rings (SSSR count). The molecule has 1 atom stereocenters. The molecule has 1 amide bonds. The summed E-state index contributed by atoms with van der Waals surface area (Å²) in [5, 5.41) is 9.73. The number of amides is 1. The first-order valence-corrected chi connectivity index (χ1v) is 9.18. The molecule has 1 aliphatic heterocycles. The molecule has 0 unspecified atom stereocenters. The molecular formula is C22H21NO5. The van der Waals surface area contributed by atoms with Gasteiger partial charge in [-0.15, -0.1) is 0 Å². The lowest BCUT2D eigenvalue weighted by molar-refractivity contribution is 0.0716. The number of aryl methyl sites for hydroxylation is 1. The van der Waals surface area contributed by atoms with E-state index in [2.05, 4.69) is 0 Å². The molecule has 6 heteroatoms. The summed E-state index contributed by atoms with van der Waals surface area (Å²) < 4.78 is 11.2. The van der Waals surface area contributed by atoms with Gasteiger partial charge < -0.3 is 19.2 Å². The fourth-order valence-corrected chi connectivity index (χ4v) is 3.76. The second kappa shape index (κ2) is 7.13. The Balaban J connectivity index is 1.97. The highest BCUT2D eigenvalue weighted by atomic mass is 16.5. The van der Waals surface area contributed by atoms with Crippen molar-refractivity contribution in [2.75, 3.05) is 20.3 Å². The molecule has 1 aliphatic rings. The highest BCUT2D eigenvalue weighted by molar-refractivity contribution is 5.99. The van der Waals surface area contributed by atoms with Crippen LogP contribution in [0.2, 0.25) is 0 Å². The standard InChI is InChI=1S/C22H21NO5/c1-13-7-8-17-16(11-13)20(25)18-19(14-5-3-6-15(12-14)27-2)23(9-4-10-24)22(26)21(18)28-17/h3,5-8,11-12,19,24H,4,9-10H2,1-2H3/t19-/m1/s1. The summed E-state index contributed by atoms with van der Waals surface area (Å²) in [6.07, 6.45) is 0.410. The van der Waals surface area contributed by atoms with Crippen LogP contribution in [0.1, 0.15) is 39.7 Å². The van der Waals surface area contributed by atoms with Crippen LogP contribution in [-0.4, -0.2) is 36.2 Å². The smallest absolute Gasteiger partial charge is 0.290 e. The van der Waals surface area contributed by atoms with Crippen LogP contribution >= 0.6 is 0 Å². The van der Waals surface area contributed by atoms with Crippen LogP contribution in [0.25, 0.3) is 11.0 Å². The molecule has 0 spiro atoms. The van der Waals surface area contributed by atoms with Gasteiger partial charge >= 0.3 is 0 Å². The molecule has 2 heterocycles. The van der Waals surface area contributed by atoms with E-state index >= 15 is 0 Å². The lowest BCUT2D eigenvalue weighted by Crippen LogP contribution is -2.31. The Morgan fingerprint density at radius 2 is 2.00 bits per heavy atom. The number of carbonyl (C=O) groups excluding carboxylic acids is 1. The number of aliphatic hydroxyl groups excluding tert-OH is 1. The van der Waals surface area contributed by atoms with Gasteiger partial charge in [0.2, 0.25) is 5.76 Å². The Kier molecular flexibility index (Phi) is 4.65. The molecule has 0 radical (unpaired) electrons. The van der Waals surface area contributed by atoms with Crippen LogP contribution in [0.4, 0.5) is 0 Å². The van der Waals surface area contributed by atoms with Crippen LogP contribution in [0.15, 0.2) is 51.7 Å². The maximum Gasteiger partial charge on any atom is 0.290 e. The summed E-state index contributed by atoms with van der Waals surface area (Å²) in [5.74, 6) is 0.379. The van der Waals surface area contributed by atoms with Crippen molar-refractivity contribution in [3.63, 3.8) is 0 Å². The van der Waals surface area contributed by atoms with E-state index in [1.54, 1.807) is 24.1 Å². The van der Waals surface area contributed by atoms with Crippen LogP contribution in [0, 0.1) is 6.92 Å². The maximum absolute atomic E-state index is 13.4. The Morgan fingerprint density at radius 3 is 2.75 bits per heavy atom. The van der Waals surface area contributed by atoms with Crippen molar-refractivity contribution in [1.29, 1.82) is 0 Å². The van der Waals surface area contributed by atoms with Crippen LogP contribution < -0.4 is 10.2 Å². The van der Waals surface area contributed by atoms with E-state index in [1.165, 1.54) is 0 Å². The third-order valence-electron chi connectivity index (χ3n) is 5.09. The van der Waals surface area contributed by atoms with E-state index in [9.17, 15) is 14.7 Å². The number of methoxy groups -OCH3 is 1. The monoisotopic (exact) mass is 379 g/mol. The minimum atomic E-state index is -0.578. The van der Waals surface area contributed by atoms with Crippen molar-refractivity contribution < 1.29 is 19.1 Å². The van der Waals surface area contributed by atoms with Gasteiger partial charge in [0.05, 0.1) is 24.1 Å². The molecule has 0 bridgehead atoms. The van der Waals surface area contributed by atoms with Crippen molar-refractivity contribution in [2.24, 2.45) is 0 Å². The highest BCUT2D eigenvalue weighted by Gasteiger charge is 2.42. The third-order valence-corrected chi connectivity index (χ3v) is 5.09. The van der Waals surface area contributed by atoms with Crippen molar-refractivity contribution in [3.05, 3.63) is 75.1 Å². The van der Waals surface area contributed by atoms with Gasteiger partial charge in [-0.3, -0.25) is 9.59 Å². The second-order valence-electron chi connectivity index (χ2n) is 6.93. The predicted molar refractivity (Wildman–Crippen MR) is 105 cm³/mol. The van der Waals surface area contributed by atoms with E-state index in [0.717, 1.165) is 11.1 Å². The normalized spacial score (nSPS) is 15.9. The fraction of sp³-hybridized carbons (Fsp3) is 0.273. The van der Waals surface area contributed by atoms with Crippen molar-refractivity contribution in [3.8, 4) is 5.75 Å². The Morgan fingerprint density at radius 1 is 1.18 bits per heavy atom. The quantitative estimate of drug-likeness (QED) is 0.737. The van der Waals surface area contributed by atoms with Crippen LogP contribution in [0.3, 0.4) is 0 Å². The number of hydrogen-bond acceptors (Lipinski definition) is 5. The first-order chi connectivity index (χ1) is 13.5. The zero-order valence-corrected chi connectivity index (χ0v) is 15.8. The Labute approximate surface area is 162 Å². The lowest BCUT2D eigenvalue weighted by Gasteiger charge is -2.25. The zero-order valence-electron chi connectivity index (χ0n) is 15.8. The molecule has 0 fully saturated rings. The summed E-state index contributed by atoms with van der Waals surface area (Å²) in [6, 6.07) is 12.1. The van der Waals surface area contributed by atoms with Gasteiger partial charge in [-0.1, -0.05) is 23.8 Å². The number of rotatable bonds is 5. The summed E-state index contributed by atoms with van der Waals surface area (Å²) in [6.45, 7) is 2.17. The fourth-order valence-electron chi connectivity index (χ4n) is 3.76. The Bertz CT molecular complexity index is 1120. The lowest BCUT2D eigenvalue weighted by atomic mass is 9.98. The topological polar surface area (TPSA) is 80.0 Å². The van der Waals surface area contributed by atoms with Gasteiger partial charge in [-0.05, 0) is 43.2 Å². The number of fused-ring (bicyclic) bond motifs is 2. The molecule has 1 aromatic heterocycles. The summed E-state index contributed by atoms with van der Waals surface area (Å²) in [7, 11) is 1.57. The van der Waals surface area contributed by atoms with Gasteiger partial charge in [0.25, 0.3) is 5.91 Å². The maximum atomic E-state index is 13.4. The van der Waals surface area contributed by atoms with Gasteiger partial charge in [-0.25, -0.2) is 0 Å². The number of carbonyl (C=O) groups is 1. The average molecular weight is 379 g/mol. The minimum Gasteiger partial charge on any atom is -0.497 e. The molecule has 0 saturated heterocycles. The summed E-state index contributed by atoms with van der Waals surface area (Å²) in [4.78, 5) is 28.0. The first kappa shape index (κ1) is 18.3. The summed E-state index contributed by atoms with van der Waals surface area (Å²) in [5.41, 5.74) is 2.25. The number of nitrogens with zero attached hydrogens (tertiary/aromatic N) is 1. The van der Waals surface area contributed by atoms with Gasteiger partial charge in [0.15, 0.2) is 5.43 Å². The van der Waals surface area contributed by atoms with Gasteiger partial charge in [0, 0.05) is 13.2 Å². The second-order valence-corrected chi connectivity index (χ2v) is 6.93. The highest BCUT2D eigenvalue weighted by Crippen LogP contribution is 2.39. The van der Waals surface area contributed by atoms with E-state index in [0.29, 0.717) is 35.2 Å². The molecular weight excluding hydrogens is 358 g/mol. The number of aliphatic hydroxyl groups is 1. The molecule has 3 aromatic rings. The van der Waals surface area contributed by atoms with Crippen LogP contribution in [-0.2, 0) is 0 Å². The van der Waals surface area contributed by atoms with E-state index in [4.69, 9.17) is 9.15 Å². The molecule has 6 nitrogen and oxygen atoms in total. The number of hydrogen-bond donors (Lipinski definition) is 1. The van der Waals surface area contributed by atoms with E-state index in [1.807, 2.05) is 37.3 Å². The molecule has 28 heavy (non-hydrogen) atoms. The average Bonchev–Trinajstić information content (AvgIpc) is 2.99. The molecule has 144 valence electrons. The van der Waals surface area contributed by atoms with E-state index < -0.39 is 6.04 Å². The SMILES string of the molecule is COc1cccc([C@@H]2c3c(oc4ccc(C)cc4c3=O)C(=O)N2CCCO)c1. The van der Waals surface area contributed by atoms with Gasteiger partial charge in [0.1, 0.15) is 11.3 Å². The summed E-state index contributed by atoms with van der Waals surface area (Å²) >= 11 is 0. The van der Waals surface area contributed by atoms with Gasteiger partial charge in [-0.2, -0.15) is 0 Å². The number of benzene rings is 2. The van der Waals surface area contributed by atoms with Crippen molar-refractivity contribution in [2.45, 2.75) is 19.4 Å². The third kappa shape index (κ3) is 2.86. The first-order valence-electron chi connectivity index (χ1n) is 9.18. The molecule has 1 N–H and O–H groups in total. The predicted octanol–water partition coefficient (Wildman–Crippen LogP) is 3.04. The largest absolute Gasteiger partial charge is 0.497 e. The van der Waals surface area contributed by atoms with Crippen LogP contribution in [0.5, 0.6) is 5.75 Å². The minimum absolute atomic E-state index is 0.0481. The Hall–Kier alpha value is -3.12. The molecule has 0 aliphatic carbocycles. The molecule has 2 aromatic carbocycles. The number of ether oxygens (including phenoxy) is 1. The van der Waals surface area contributed by atoms with Crippen molar-refractivity contribution in [1.82, 2.24) is 4.90 Å². The zero-order chi connectivity index (χ0) is 19.8. The molecule has 0 saturated carbocycles. The van der Waals surface area contributed by atoms with E-state index in [-0.39, 0.29) is 23.7 Å².